The Labute approximate surface area is 91.1 Å². The molecule has 0 spiro atoms. The predicted octanol–water partition coefficient (Wildman–Crippen LogP) is -0.576. The van der Waals surface area contributed by atoms with Crippen molar-refractivity contribution in [2.75, 3.05) is 13.1 Å². The van der Waals surface area contributed by atoms with Crippen molar-refractivity contribution < 1.29 is 4.79 Å². The quantitative estimate of drug-likeness (QED) is 0.333. The van der Waals surface area contributed by atoms with Crippen LogP contribution in [-0.4, -0.2) is 36.0 Å². The number of amides is 1. The van der Waals surface area contributed by atoms with Crippen LogP contribution in [0, 0.1) is 5.92 Å². The Morgan fingerprint density at radius 1 is 1.40 bits per heavy atom. The fourth-order valence-electron chi connectivity index (χ4n) is 2.17. The van der Waals surface area contributed by atoms with Crippen molar-refractivity contribution in [2.24, 2.45) is 17.5 Å². The summed E-state index contributed by atoms with van der Waals surface area (Å²) in [4.78, 5) is 13.8. The number of hydrazine groups is 1. The van der Waals surface area contributed by atoms with Crippen LogP contribution in [0.1, 0.15) is 26.7 Å². The highest BCUT2D eigenvalue weighted by Crippen LogP contribution is 2.17. The maximum absolute atomic E-state index is 11.6. The number of rotatable bonds is 3. The number of carbonyl (C=O) groups excluding carboxylic acids is 1. The summed E-state index contributed by atoms with van der Waals surface area (Å²) in [5.41, 5.74) is 8.07. The number of hydrogen-bond acceptors (Lipinski definition) is 4. The number of carbonyl (C=O) groups is 1. The van der Waals surface area contributed by atoms with Gasteiger partial charge < -0.3 is 5.73 Å². The summed E-state index contributed by atoms with van der Waals surface area (Å²) in [5, 5.41) is 0. The lowest BCUT2D eigenvalue weighted by molar-refractivity contribution is -0.128. The van der Waals surface area contributed by atoms with Crippen LogP contribution < -0.4 is 17.0 Å². The van der Waals surface area contributed by atoms with Crippen LogP contribution in [0.25, 0.3) is 0 Å². The topological polar surface area (TPSA) is 84.4 Å². The van der Waals surface area contributed by atoms with E-state index in [2.05, 4.69) is 10.3 Å². The molecule has 1 atom stereocenters. The van der Waals surface area contributed by atoms with Gasteiger partial charge in [-0.1, -0.05) is 13.8 Å². The van der Waals surface area contributed by atoms with Crippen LogP contribution >= 0.6 is 0 Å². The Balaban J connectivity index is 2.60. The molecule has 1 unspecified atom stereocenters. The summed E-state index contributed by atoms with van der Waals surface area (Å²) in [6.45, 7) is 5.84. The summed E-state index contributed by atoms with van der Waals surface area (Å²) < 4.78 is 0. The fourth-order valence-corrected chi connectivity index (χ4v) is 2.17. The number of nitrogens with two attached hydrogens (primary N) is 2. The molecule has 1 saturated heterocycles. The van der Waals surface area contributed by atoms with Crippen molar-refractivity contribution in [1.29, 1.82) is 0 Å². The zero-order valence-corrected chi connectivity index (χ0v) is 9.57. The maximum Gasteiger partial charge on any atom is 0.251 e. The second kappa shape index (κ2) is 5.44. The van der Waals surface area contributed by atoms with Gasteiger partial charge in [0.1, 0.15) is 0 Å². The Morgan fingerprint density at radius 3 is 2.33 bits per heavy atom. The highest BCUT2D eigenvalue weighted by Gasteiger charge is 2.30. The molecule has 1 fully saturated rings. The van der Waals surface area contributed by atoms with Gasteiger partial charge in [-0.3, -0.25) is 15.1 Å². The zero-order valence-electron chi connectivity index (χ0n) is 9.57. The zero-order chi connectivity index (χ0) is 11.4. The molecular formula is C10H22N4O. The third-order valence-corrected chi connectivity index (χ3v) is 3.01. The van der Waals surface area contributed by atoms with Crippen LogP contribution in [0.4, 0.5) is 0 Å². The van der Waals surface area contributed by atoms with Gasteiger partial charge in [0.15, 0.2) is 0 Å². The Hall–Kier alpha value is -0.650. The molecule has 5 nitrogen and oxygen atoms in total. The predicted molar refractivity (Wildman–Crippen MR) is 59.7 cm³/mol. The summed E-state index contributed by atoms with van der Waals surface area (Å²) >= 11 is 0. The minimum absolute atomic E-state index is 0.0968. The lowest BCUT2D eigenvalue weighted by Gasteiger charge is -2.37. The minimum Gasteiger partial charge on any atom is -0.328 e. The van der Waals surface area contributed by atoms with Crippen molar-refractivity contribution in [3.63, 3.8) is 0 Å². The SMILES string of the molecule is CC(C)C(C(=O)NN)N1CCC(N)CC1. The van der Waals surface area contributed by atoms with Gasteiger partial charge in [0.25, 0.3) is 5.91 Å². The molecule has 0 radical (unpaired) electrons. The van der Waals surface area contributed by atoms with Crippen LogP contribution in [0.5, 0.6) is 0 Å². The van der Waals surface area contributed by atoms with Gasteiger partial charge in [-0.05, 0) is 18.8 Å². The van der Waals surface area contributed by atoms with Crippen molar-refractivity contribution in [3.05, 3.63) is 0 Å². The van der Waals surface area contributed by atoms with Crippen LogP contribution in [0.2, 0.25) is 0 Å². The third kappa shape index (κ3) is 3.15. The average Bonchev–Trinajstić information content (AvgIpc) is 2.20. The molecular weight excluding hydrogens is 192 g/mol. The lowest BCUT2D eigenvalue weighted by atomic mass is 9.97. The molecule has 5 heteroatoms. The molecule has 1 rings (SSSR count). The van der Waals surface area contributed by atoms with Gasteiger partial charge in [-0.25, -0.2) is 5.84 Å². The molecule has 0 aromatic carbocycles. The van der Waals surface area contributed by atoms with E-state index in [1.807, 2.05) is 13.8 Å². The van der Waals surface area contributed by atoms with Crippen LogP contribution in [-0.2, 0) is 4.79 Å². The van der Waals surface area contributed by atoms with Crippen molar-refractivity contribution >= 4 is 5.91 Å². The van der Waals surface area contributed by atoms with Crippen LogP contribution in [0.15, 0.2) is 0 Å². The minimum atomic E-state index is -0.123. The van der Waals surface area contributed by atoms with Gasteiger partial charge in [0.05, 0.1) is 6.04 Å². The van der Waals surface area contributed by atoms with Crippen molar-refractivity contribution in [3.8, 4) is 0 Å². The maximum atomic E-state index is 11.6. The molecule has 0 saturated carbocycles. The smallest absolute Gasteiger partial charge is 0.251 e. The molecule has 0 aromatic heterocycles. The molecule has 1 heterocycles. The first-order valence-electron chi connectivity index (χ1n) is 5.56. The molecule has 1 aliphatic rings. The van der Waals surface area contributed by atoms with E-state index in [0.29, 0.717) is 0 Å². The van der Waals surface area contributed by atoms with Crippen LogP contribution in [0.3, 0.4) is 0 Å². The van der Waals surface area contributed by atoms with Gasteiger partial charge in [0.2, 0.25) is 0 Å². The number of hydrogen-bond donors (Lipinski definition) is 3. The molecule has 0 aromatic rings. The van der Waals surface area contributed by atoms with Gasteiger partial charge in [0, 0.05) is 19.1 Å². The molecule has 15 heavy (non-hydrogen) atoms. The Morgan fingerprint density at radius 2 is 1.93 bits per heavy atom. The Kier molecular flexibility index (Phi) is 4.50. The van der Waals surface area contributed by atoms with E-state index in [1.165, 1.54) is 0 Å². The number of nitrogens with zero attached hydrogens (tertiary/aromatic N) is 1. The summed E-state index contributed by atoms with van der Waals surface area (Å²) in [6, 6.07) is 0.164. The third-order valence-electron chi connectivity index (χ3n) is 3.01. The molecule has 1 amide bonds. The molecule has 1 aliphatic heterocycles. The summed E-state index contributed by atoms with van der Waals surface area (Å²) in [7, 11) is 0. The van der Waals surface area contributed by atoms with Crippen molar-refractivity contribution in [2.45, 2.75) is 38.8 Å². The largest absolute Gasteiger partial charge is 0.328 e. The van der Waals surface area contributed by atoms with Gasteiger partial charge >= 0.3 is 0 Å². The normalized spacial score (nSPS) is 21.7. The monoisotopic (exact) mass is 214 g/mol. The van der Waals surface area contributed by atoms with E-state index in [4.69, 9.17) is 11.6 Å². The second-order valence-corrected chi connectivity index (χ2v) is 4.57. The van der Waals surface area contributed by atoms with E-state index in [0.717, 1.165) is 25.9 Å². The number of piperidine rings is 1. The highest BCUT2D eigenvalue weighted by atomic mass is 16.2. The van der Waals surface area contributed by atoms with E-state index >= 15 is 0 Å². The summed E-state index contributed by atoms with van der Waals surface area (Å²) in [5.74, 6) is 5.36. The van der Waals surface area contributed by atoms with E-state index in [-0.39, 0.29) is 23.9 Å². The first kappa shape index (κ1) is 12.4. The molecule has 88 valence electrons. The molecule has 0 aliphatic carbocycles. The standard InChI is InChI=1S/C10H22N4O/c1-7(2)9(10(15)13-12)14-5-3-8(11)4-6-14/h7-9H,3-6,11-12H2,1-2H3,(H,13,15). The lowest BCUT2D eigenvalue weighted by Crippen LogP contribution is -2.55. The van der Waals surface area contributed by atoms with Crippen molar-refractivity contribution in [1.82, 2.24) is 10.3 Å². The van der Waals surface area contributed by atoms with E-state index in [1.54, 1.807) is 0 Å². The fraction of sp³-hybridized carbons (Fsp3) is 0.900. The number of nitrogens with one attached hydrogen (secondary N) is 1. The summed E-state index contributed by atoms with van der Waals surface area (Å²) in [6.07, 6.45) is 1.92. The highest BCUT2D eigenvalue weighted by molar-refractivity contribution is 5.81. The number of likely N-dealkylation sites (tertiary alicyclic amines) is 1. The van der Waals surface area contributed by atoms with Gasteiger partial charge in [-0.2, -0.15) is 0 Å². The van der Waals surface area contributed by atoms with E-state index < -0.39 is 0 Å². The van der Waals surface area contributed by atoms with E-state index in [9.17, 15) is 4.79 Å². The Bertz CT molecular complexity index is 211. The molecule has 5 N–H and O–H groups in total. The second-order valence-electron chi connectivity index (χ2n) is 4.57. The van der Waals surface area contributed by atoms with Gasteiger partial charge in [-0.15, -0.1) is 0 Å². The first-order valence-corrected chi connectivity index (χ1v) is 5.56. The average molecular weight is 214 g/mol. The molecule has 0 bridgehead atoms. The first-order chi connectivity index (χ1) is 7.06.